The predicted molar refractivity (Wildman–Crippen MR) is 120 cm³/mol. The number of carbonyl (C=O) groups is 1. The Morgan fingerprint density at radius 1 is 0.833 bits per heavy atom. The van der Waals surface area contributed by atoms with E-state index in [4.69, 9.17) is 14.2 Å². The fourth-order valence-electron chi connectivity index (χ4n) is 3.14. The van der Waals surface area contributed by atoms with Gasteiger partial charge >= 0.3 is 5.97 Å². The molecule has 2 aromatic rings. The molecule has 6 heteroatoms. The summed E-state index contributed by atoms with van der Waals surface area (Å²) in [5, 5.41) is 14.3. The van der Waals surface area contributed by atoms with E-state index in [9.17, 15) is 9.90 Å². The summed E-state index contributed by atoms with van der Waals surface area (Å²) in [5.41, 5.74) is 2.70. The van der Waals surface area contributed by atoms with Crippen LogP contribution in [0.1, 0.15) is 63.0 Å². The Kier molecular flexibility index (Phi) is 6.60. The van der Waals surface area contributed by atoms with Crippen molar-refractivity contribution in [2.75, 3.05) is 26.6 Å². The maximum Gasteiger partial charge on any atom is 0.340 e. The van der Waals surface area contributed by atoms with Crippen molar-refractivity contribution in [3.63, 3.8) is 0 Å². The van der Waals surface area contributed by atoms with Crippen molar-refractivity contribution in [1.29, 1.82) is 0 Å². The minimum atomic E-state index is -0.527. The van der Waals surface area contributed by atoms with E-state index in [2.05, 4.69) is 46.9 Å². The van der Waals surface area contributed by atoms with Gasteiger partial charge in [0.15, 0.2) is 11.5 Å². The van der Waals surface area contributed by atoms with E-state index < -0.39 is 5.97 Å². The first-order valence-corrected chi connectivity index (χ1v) is 9.82. The summed E-state index contributed by atoms with van der Waals surface area (Å²) in [5.74, 6) is 0.476. The highest BCUT2D eigenvalue weighted by Gasteiger charge is 2.26. The molecule has 0 aliphatic rings. The highest BCUT2D eigenvalue weighted by Crippen LogP contribution is 2.43. The first kappa shape index (κ1) is 23.4. The molecule has 0 aromatic heterocycles. The first-order valence-electron chi connectivity index (χ1n) is 9.82. The number of aromatic hydroxyl groups is 1. The molecule has 0 aliphatic carbocycles. The van der Waals surface area contributed by atoms with E-state index in [1.807, 2.05) is 12.1 Å². The van der Waals surface area contributed by atoms with Crippen LogP contribution in [0, 0.1) is 0 Å². The predicted octanol–water partition coefficient (Wildman–Crippen LogP) is 5.53. The second-order valence-corrected chi connectivity index (χ2v) is 9.29. The van der Waals surface area contributed by atoms with Gasteiger partial charge in [0.2, 0.25) is 0 Å². The summed E-state index contributed by atoms with van der Waals surface area (Å²) in [6, 6.07) is 7.16. The van der Waals surface area contributed by atoms with Gasteiger partial charge in [0.1, 0.15) is 5.75 Å². The zero-order chi connectivity index (χ0) is 22.9. The fourth-order valence-corrected chi connectivity index (χ4v) is 3.14. The van der Waals surface area contributed by atoms with Crippen molar-refractivity contribution in [3.8, 4) is 17.2 Å². The highest BCUT2D eigenvalue weighted by atomic mass is 16.5. The Morgan fingerprint density at radius 3 is 1.87 bits per heavy atom. The number of benzene rings is 2. The number of esters is 1. The summed E-state index contributed by atoms with van der Waals surface area (Å²) in [4.78, 5) is 12.4. The van der Waals surface area contributed by atoms with Crippen LogP contribution < -0.4 is 14.8 Å². The molecular formula is C24H33NO5. The normalized spacial score (nSPS) is 11.8. The standard InChI is InChI=1S/C24H33NO5/c1-23(2,3)14-10-16(24(4,5)6)21(26)18(11-14)25-17-13-20(29-8)19(28-7)12-15(17)22(27)30-9/h10-13,25-26H,1-9H3. The topological polar surface area (TPSA) is 77.0 Å². The van der Waals surface area contributed by atoms with Gasteiger partial charge in [0, 0.05) is 17.7 Å². The smallest absolute Gasteiger partial charge is 0.340 e. The molecular weight excluding hydrogens is 382 g/mol. The molecule has 2 rings (SSSR count). The van der Waals surface area contributed by atoms with Gasteiger partial charge in [-0.05, 0) is 22.5 Å². The van der Waals surface area contributed by atoms with E-state index in [1.165, 1.54) is 21.3 Å². The number of anilines is 2. The number of hydrogen-bond acceptors (Lipinski definition) is 6. The Bertz CT molecular complexity index is 936. The SMILES string of the molecule is COC(=O)c1cc(OC)c(OC)cc1Nc1cc(C(C)(C)C)cc(C(C)(C)C)c1O. The Balaban J connectivity index is 2.73. The molecule has 2 N–H and O–H groups in total. The third kappa shape index (κ3) is 4.81. The third-order valence-corrected chi connectivity index (χ3v) is 4.98. The van der Waals surface area contributed by atoms with E-state index in [0.717, 1.165) is 11.1 Å². The van der Waals surface area contributed by atoms with Crippen molar-refractivity contribution in [2.45, 2.75) is 52.4 Å². The van der Waals surface area contributed by atoms with Crippen LogP contribution in [0.2, 0.25) is 0 Å². The summed E-state index contributed by atoms with van der Waals surface area (Å²) in [6.07, 6.45) is 0. The zero-order valence-electron chi connectivity index (χ0n) is 19.4. The molecule has 0 amide bonds. The van der Waals surface area contributed by atoms with Gasteiger partial charge in [-0.25, -0.2) is 4.79 Å². The molecule has 0 unspecified atom stereocenters. The summed E-state index contributed by atoms with van der Waals surface area (Å²) in [6.45, 7) is 12.5. The minimum Gasteiger partial charge on any atom is -0.505 e. The number of phenols is 1. The molecule has 0 radical (unpaired) electrons. The highest BCUT2D eigenvalue weighted by molar-refractivity contribution is 5.98. The number of rotatable bonds is 5. The van der Waals surface area contributed by atoms with Gasteiger partial charge in [-0.1, -0.05) is 47.6 Å². The summed E-state index contributed by atoms with van der Waals surface area (Å²) in [7, 11) is 4.34. The molecule has 0 aliphatic heterocycles. The van der Waals surface area contributed by atoms with Gasteiger partial charge in [0.25, 0.3) is 0 Å². The number of phenolic OH excluding ortho intramolecular Hbond substituents is 1. The zero-order valence-corrected chi connectivity index (χ0v) is 19.4. The molecule has 2 aromatic carbocycles. The summed E-state index contributed by atoms with van der Waals surface area (Å²) < 4.78 is 15.6. The lowest BCUT2D eigenvalue weighted by Crippen LogP contribution is -2.17. The van der Waals surface area contributed by atoms with Crippen LogP contribution in [0.3, 0.4) is 0 Å². The largest absolute Gasteiger partial charge is 0.505 e. The van der Waals surface area contributed by atoms with E-state index in [0.29, 0.717) is 22.9 Å². The molecule has 164 valence electrons. The summed E-state index contributed by atoms with van der Waals surface area (Å²) >= 11 is 0. The van der Waals surface area contributed by atoms with Crippen LogP contribution in [-0.2, 0) is 15.6 Å². The van der Waals surface area contributed by atoms with Crippen LogP contribution >= 0.6 is 0 Å². The van der Waals surface area contributed by atoms with Crippen LogP contribution in [-0.4, -0.2) is 32.4 Å². The molecule has 0 heterocycles. The Labute approximate surface area is 179 Å². The molecule has 0 bridgehead atoms. The first-order chi connectivity index (χ1) is 13.8. The van der Waals surface area contributed by atoms with Gasteiger partial charge in [-0.3, -0.25) is 0 Å². The van der Waals surface area contributed by atoms with E-state index in [1.54, 1.807) is 12.1 Å². The van der Waals surface area contributed by atoms with Crippen molar-refractivity contribution < 1.29 is 24.1 Å². The fraction of sp³-hybridized carbons (Fsp3) is 0.458. The van der Waals surface area contributed by atoms with Gasteiger partial charge in [0.05, 0.1) is 38.3 Å². The third-order valence-electron chi connectivity index (χ3n) is 4.98. The van der Waals surface area contributed by atoms with Crippen molar-refractivity contribution >= 4 is 17.3 Å². The van der Waals surface area contributed by atoms with Crippen molar-refractivity contribution in [2.24, 2.45) is 0 Å². The van der Waals surface area contributed by atoms with Crippen molar-refractivity contribution in [3.05, 3.63) is 41.0 Å². The maximum absolute atomic E-state index is 12.4. The van der Waals surface area contributed by atoms with Crippen LogP contribution in [0.25, 0.3) is 0 Å². The maximum atomic E-state index is 12.4. The Hall–Kier alpha value is -2.89. The van der Waals surface area contributed by atoms with Gasteiger partial charge in [-0.15, -0.1) is 0 Å². The van der Waals surface area contributed by atoms with Crippen LogP contribution in [0.15, 0.2) is 24.3 Å². The number of ether oxygens (including phenoxy) is 3. The van der Waals surface area contributed by atoms with Crippen molar-refractivity contribution in [1.82, 2.24) is 0 Å². The van der Waals surface area contributed by atoms with Crippen LogP contribution in [0.5, 0.6) is 17.2 Å². The number of carbonyl (C=O) groups excluding carboxylic acids is 1. The Morgan fingerprint density at radius 2 is 1.40 bits per heavy atom. The second kappa shape index (κ2) is 8.46. The van der Waals surface area contributed by atoms with Crippen LogP contribution in [0.4, 0.5) is 11.4 Å². The van der Waals surface area contributed by atoms with E-state index >= 15 is 0 Å². The quantitative estimate of drug-likeness (QED) is 0.494. The number of methoxy groups -OCH3 is 3. The molecule has 6 nitrogen and oxygen atoms in total. The molecule has 0 atom stereocenters. The average molecular weight is 416 g/mol. The molecule has 30 heavy (non-hydrogen) atoms. The number of hydrogen-bond donors (Lipinski definition) is 2. The molecule has 0 fully saturated rings. The molecule has 0 saturated carbocycles. The monoisotopic (exact) mass is 415 g/mol. The molecule has 0 spiro atoms. The lowest BCUT2D eigenvalue weighted by Gasteiger charge is -2.28. The van der Waals surface area contributed by atoms with Gasteiger partial charge in [-0.2, -0.15) is 0 Å². The lowest BCUT2D eigenvalue weighted by atomic mass is 9.79. The minimum absolute atomic E-state index is 0.132. The van der Waals surface area contributed by atoms with Gasteiger partial charge < -0.3 is 24.6 Å². The number of nitrogens with one attached hydrogen (secondary N) is 1. The molecule has 0 saturated heterocycles. The second-order valence-electron chi connectivity index (χ2n) is 9.29. The lowest BCUT2D eigenvalue weighted by molar-refractivity contribution is 0.0601. The average Bonchev–Trinajstić information content (AvgIpc) is 2.66. The van der Waals surface area contributed by atoms with E-state index in [-0.39, 0.29) is 22.1 Å².